The Bertz CT molecular complexity index is 285. The lowest BCUT2D eigenvalue weighted by molar-refractivity contribution is 0.285. The van der Waals surface area contributed by atoms with Gasteiger partial charge in [0.2, 0.25) is 5.88 Å². The van der Waals surface area contributed by atoms with Gasteiger partial charge in [-0.05, 0) is 13.5 Å². The number of aliphatic imine (C=N–C) groups is 1. The van der Waals surface area contributed by atoms with Gasteiger partial charge in [-0.2, -0.15) is 0 Å². The molecule has 84 valence electrons. The molecule has 0 bridgehead atoms. The van der Waals surface area contributed by atoms with Gasteiger partial charge in [-0.1, -0.05) is 0 Å². The van der Waals surface area contributed by atoms with Crippen LogP contribution < -0.4 is 10.6 Å². The summed E-state index contributed by atoms with van der Waals surface area (Å²) in [5, 5.41) is 6.51. The fourth-order valence-electron chi connectivity index (χ4n) is 1.14. The van der Waals surface area contributed by atoms with Crippen molar-refractivity contribution in [2.24, 2.45) is 4.99 Å². The molecule has 0 saturated carbocycles. The van der Waals surface area contributed by atoms with E-state index in [2.05, 4.69) is 22.2 Å². The zero-order chi connectivity index (χ0) is 11.3. The van der Waals surface area contributed by atoms with Gasteiger partial charge in [0.15, 0.2) is 0 Å². The number of rotatable bonds is 4. The molecular weight excluding hydrogens is 192 g/mol. The molecule has 0 aromatic carbocycles. The first-order valence-electron chi connectivity index (χ1n) is 4.79. The van der Waals surface area contributed by atoms with Gasteiger partial charge in [0.05, 0.1) is 20.0 Å². The molecule has 0 radical (unpaired) electrons. The Kier molecular flexibility index (Phi) is 4.03. The number of nitrogens with zero attached hydrogens (tertiary/aromatic N) is 2. The van der Waals surface area contributed by atoms with Crippen molar-refractivity contribution in [2.75, 3.05) is 20.7 Å². The minimum atomic E-state index is 0.196. The van der Waals surface area contributed by atoms with Crippen molar-refractivity contribution in [3.8, 4) is 0 Å². The first kappa shape index (κ1) is 11.4. The first-order valence-corrected chi connectivity index (χ1v) is 4.79. The molecular formula is C10H18N4O. The highest BCUT2D eigenvalue weighted by Gasteiger charge is 2.13. The second-order valence-corrected chi connectivity index (χ2v) is 3.40. The second kappa shape index (κ2) is 5.29. The quantitative estimate of drug-likeness (QED) is 0.402. The monoisotopic (exact) mass is 210 g/mol. The van der Waals surface area contributed by atoms with Crippen molar-refractivity contribution >= 4 is 6.34 Å². The maximum absolute atomic E-state index is 4.84. The molecule has 0 spiro atoms. The van der Waals surface area contributed by atoms with Gasteiger partial charge in [0.25, 0.3) is 0 Å². The Balaban J connectivity index is 2.44. The van der Waals surface area contributed by atoms with Crippen LogP contribution in [0, 0.1) is 0 Å². The molecule has 1 rings (SSSR count). The molecule has 0 amide bonds. The van der Waals surface area contributed by atoms with Gasteiger partial charge >= 0.3 is 0 Å². The van der Waals surface area contributed by atoms with Gasteiger partial charge in [-0.25, -0.2) is 4.99 Å². The fraction of sp³-hybridized carbons (Fsp3) is 0.500. The van der Waals surface area contributed by atoms with Crippen molar-refractivity contribution in [1.29, 1.82) is 0 Å². The summed E-state index contributed by atoms with van der Waals surface area (Å²) in [5.74, 6) is 0.400. The molecule has 0 aliphatic carbocycles. The van der Waals surface area contributed by atoms with Crippen LogP contribution in [-0.4, -0.2) is 38.1 Å². The summed E-state index contributed by atoms with van der Waals surface area (Å²) >= 11 is 0. The van der Waals surface area contributed by atoms with Crippen molar-refractivity contribution in [1.82, 2.24) is 15.5 Å². The van der Waals surface area contributed by atoms with Crippen molar-refractivity contribution in [2.45, 2.75) is 13.1 Å². The highest BCUT2D eigenvalue weighted by molar-refractivity contribution is 5.56. The number of ether oxygens (including phenoxy) is 1. The third kappa shape index (κ3) is 3.53. The lowest BCUT2D eigenvalue weighted by Crippen LogP contribution is -2.50. The standard InChI is InChI=1S/C10H18N4O/c1-8-5-12-10(6-11-8)14(3)7-13-9(2)15-4/h5,7,10-12H,2,6H2,1,3-4H3/b13-7-. The summed E-state index contributed by atoms with van der Waals surface area (Å²) in [7, 11) is 3.49. The van der Waals surface area contributed by atoms with E-state index < -0.39 is 0 Å². The molecule has 2 N–H and O–H groups in total. The lowest BCUT2D eigenvalue weighted by Gasteiger charge is -2.30. The summed E-state index contributed by atoms with van der Waals surface area (Å²) in [4.78, 5) is 5.99. The second-order valence-electron chi connectivity index (χ2n) is 3.40. The summed E-state index contributed by atoms with van der Waals surface area (Å²) in [6.07, 6.45) is 3.84. The largest absolute Gasteiger partial charge is 0.481 e. The third-order valence-corrected chi connectivity index (χ3v) is 2.18. The van der Waals surface area contributed by atoms with Crippen LogP contribution in [-0.2, 0) is 4.74 Å². The van der Waals surface area contributed by atoms with E-state index in [-0.39, 0.29) is 6.17 Å². The van der Waals surface area contributed by atoms with Crippen LogP contribution in [0.2, 0.25) is 0 Å². The molecule has 1 heterocycles. The van der Waals surface area contributed by atoms with Crippen LogP contribution in [0.25, 0.3) is 0 Å². The molecule has 1 aliphatic heterocycles. The van der Waals surface area contributed by atoms with Gasteiger partial charge in [-0.3, -0.25) is 0 Å². The molecule has 5 heteroatoms. The summed E-state index contributed by atoms with van der Waals surface area (Å²) < 4.78 is 4.84. The number of likely N-dealkylation sites (N-methyl/N-ethyl adjacent to an activating group) is 1. The van der Waals surface area contributed by atoms with Crippen LogP contribution in [0.5, 0.6) is 0 Å². The van der Waals surface area contributed by atoms with Crippen LogP contribution in [0.3, 0.4) is 0 Å². The van der Waals surface area contributed by atoms with Crippen molar-refractivity contribution in [3.63, 3.8) is 0 Å². The van der Waals surface area contributed by atoms with E-state index in [9.17, 15) is 0 Å². The van der Waals surface area contributed by atoms with E-state index in [0.717, 1.165) is 12.2 Å². The van der Waals surface area contributed by atoms with Crippen LogP contribution in [0.1, 0.15) is 6.92 Å². The number of methoxy groups -OCH3 is 1. The van der Waals surface area contributed by atoms with E-state index in [4.69, 9.17) is 4.74 Å². The Morgan fingerprint density at radius 3 is 3.07 bits per heavy atom. The maximum atomic E-state index is 4.84. The molecule has 5 nitrogen and oxygen atoms in total. The average Bonchev–Trinajstić information content (AvgIpc) is 2.26. The van der Waals surface area contributed by atoms with E-state index in [0.29, 0.717) is 5.88 Å². The first-order chi connectivity index (χ1) is 7.13. The molecule has 1 atom stereocenters. The Hall–Kier alpha value is -1.65. The highest BCUT2D eigenvalue weighted by atomic mass is 16.5. The lowest BCUT2D eigenvalue weighted by atomic mass is 10.3. The smallest absolute Gasteiger partial charge is 0.206 e. The fourth-order valence-corrected chi connectivity index (χ4v) is 1.14. The Morgan fingerprint density at radius 1 is 1.80 bits per heavy atom. The predicted molar refractivity (Wildman–Crippen MR) is 61.1 cm³/mol. The number of allylic oxidation sites excluding steroid dienone is 1. The van der Waals surface area contributed by atoms with Crippen molar-refractivity contribution < 1.29 is 4.74 Å². The normalized spacial score (nSPS) is 20.2. The van der Waals surface area contributed by atoms with Gasteiger partial charge in [0, 0.05) is 18.9 Å². The van der Waals surface area contributed by atoms with Crippen LogP contribution in [0.15, 0.2) is 29.4 Å². The zero-order valence-electron chi connectivity index (χ0n) is 9.45. The third-order valence-electron chi connectivity index (χ3n) is 2.18. The van der Waals surface area contributed by atoms with E-state index >= 15 is 0 Å². The predicted octanol–water partition coefficient (Wildman–Crippen LogP) is 0.444. The molecule has 15 heavy (non-hydrogen) atoms. The van der Waals surface area contributed by atoms with Gasteiger partial charge in [-0.15, -0.1) is 0 Å². The Morgan fingerprint density at radius 2 is 2.53 bits per heavy atom. The Labute approximate surface area is 90.5 Å². The number of hydrogen-bond donors (Lipinski definition) is 2. The van der Waals surface area contributed by atoms with Gasteiger partial charge in [0.1, 0.15) is 6.17 Å². The summed E-state index contributed by atoms with van der Waals surface area (Å²) in [6.45, 7) is 6.46. The topological polar surface area (TPSA) is 48.9 Å². The van der Waals surface area contributed by atoms with Gasteiger partial charge < -0.3 is 20.3 Å². The highest BCUT2D eigenvalue weighted by Crippen LogP contribution is 1.99. The molecule has 0 saturated heterocycles. The minimum Gasteiger partial charge on any atom is -0.481 e. The summed E-state index contributed by atoms with van der Waals surface area (Å²) in [5.41, 5.74) is 1.14. The van der Waals surface area contributed by atoms with E-state index in [1.165, 1.54) is 0 Å². The van der Waals surface area contributed by atoms with Crippen LogP contribution in [0.4, 0.5) is 0 Å². The molecule has 1 aliphatic rings. The SMILES string of the molecule is C=C(/N=C\N(C)C1CNC(C)=CN1)OC. The molecule has 0 aromatic heterocycles. The average molecular weight is 210 g/mol. The molecule has 0 fully saturated rings. The zero-order valence-corrected chi connectivity index (χ0v) is 9.45. The number of nitrogens with one attached hydrogen (secondary N) is 2. The van der Waals surface area contributed by atoms with E-state index in [1.807, 2.05) is 25.1 Å². The summed E-state index contributed by atoms with van der Waals surface area (Å²) in [6, 6.07) is 0. The van der Waals surface area contributed by atoms with Crippen molar-refractivity contribution in [3.05, 3.63) is 24.4 Å². The van der Waals surface area contributed by atoms with Crippen LogP contribution >= 0.6 is 0 Å². The minimum absolute atomic E-state index is 0.196. The maximum Gasteiger partial charge on any atom is 0.206 e. The molecule has 1 unspecified atom stereocenters. The number of hydrogen-bond acceptors (Lipinski definition) is 4. The van der Waals surface area contributed by atoms with E-state index in [1.54, 1.807) is 13.4 Å². The molecule has 0 aromatic rings.